The normalized spacial score (nSPS) is 15.2. The molecule has 0 saturated heterocycles. The van der Waals surface area contributed by atoms with E-state index >= 15 is 0 Å². The van der Waals surface area contributed by atoms with Crippen LogP contribution in [0.2, 0.25) is 0 Å². The molecule has 3 rings (SSSR count). The lowest BCUT2D eigenvalue weighted by Crippen LogP contribution is -2.10. The van der Waals surface area contributed by atoms with Gasteiger partial charge in [0, 0.05) is 24.5 Å². The Balaban J connectivity index is 1.71. The van der Waals surface area contributed by atoms with E-state index in [-0.39, 0.29) is 0 Å². The first-order chi connectivity index (χ1) is 8.83. The van der Waals surface area contributed by atoms with Crippen molar-refractivity contribution < 1.29 is 0 Å². The van der Waals surface area contributed by atoms with E-state index in [4.69, 9.17) is 0 Å². The molecule has 0 atom stereocenters. The summed E-state index contributed by atoms with van der Waals surface area (Å²) in [5.41, 5.74) is 0. The van der Waals surface area contributed by atoms with E-state index in [9.17, 15) is 0 Å². The summed E-state index contributed by atoms with van der Waals surface area (Å²) in [6.45, 7) is 3.60. The van der Waals surface area contributed by atoms with E-state index in [0.29, 0.717) is 6.54 Å². The zero-order chi connectivity index (χ0) is 12.4. The molecule has 0 bridgehead atoms. The molecule has 96 valence electrons. The lowest BCUT2D eigenvalue weighted by Gasteiger charge is -2.06. The fraction of sp³-hybridized carbons (Fsp3) is 0.636. The van der Waals surface area contributed by atoms with Gasteiger partial charge in [0.05, 0.1) is 6.54 Å². The summed E-state index contributed by atoms with van der Waals surface area (Å²) in [6.07, 6.45) is 4.77. The molecule has 0 aliphatic carbocycles. The van der Waals surface area contributed by atoms with Crippen LogP contribution in [-0.4, -0.2) is 24.1 Å². The third kappa shape index (κ3) is 2.35. The minimum absolute atomic E-state index is 0.668. The fourth-order valence-electron chi connectivity index (χ4n) is 2.20. The van der Waals surface area contributed by atoms with Crippen molar-refractivity contribution in [1.29, 1.82) is 0 Å². The molecule has 7 heteroatoms. The van der Waals surface area contributed by atoms with Crippen LogP contribution in [0.15, 0.2) is 0 Å². The Morgan fingerprint density at radius 2 is 2.22 bits per heavy atom. The molecule has 0 aromatic carbocycles. The second kappa shape index (κ2) is 5.01. The van der Waals surface area contributed by atoms with Crippen LogP contribution in [0.25, 0.3) is 0 Å². The largest absolute Gasteiger partial charge is 0.353 e. The highest BCUT2D eigenvalue weighted by molar-refractivity contribution is 7.09. The quantitative estimate of drug-likeness (QED) is 0.915. The lowest BCUT2D eigenvalue weighted by atomic mass is 10.2. The maximum atomic E-state index is 4.28. The van der Waals surface area contributed by atoms with E-state index in [0.717, 1.165) is 35.6 Å². The maximum Gasteiger partial charge on any atom is 0.202 e. The molecule has 1 N–H and O–H groups in total. The van der Waals surface area contributed by atoms with E-state index in [1.54, 1.807) is 0 Å². The highest BCUT2D eigenvalue weighted by atomic mass is 32.1. The summed E-state index contributed by atoms with van der Waals surface area (Å²) in [5, 5.41) is 12.6. The number of hydrogen-bond donors (Lipinski definition) is 1. The average Bonchev–Trinajstić information content (AvgIpc) is 2.87. The molecule has 1 aliphatic rings. The summed E-state index contributed by atoms with van der Waals surface area (Å²) < 4.78 is 6.39. The zero-order valence-electron chi connectivity index (χ0n) is 10.4. The first-order valence-corrected chi connectivity index (χ1v) is 7.05. The Morgan fingerprint density at radius 3 is 3.06 bits per heavy atom. The van der Waals surface area contributed by atoms with Gasteiger partial charge in [0.15, 0.2) is 5.82 Å². The van der Waals surface area contributed by atoms with Crippen LogP contribution >= 0.6 is 11.5 Å². The number of rotatable bonds is 3. The molecule has 0 saturated carbocycles. The molecule has 0 amide bonds. The topological polar surface area (TPSA) is 68.5 Å². The molecule has 0 spiro atoms. The van der Waals surface area contributed by atoms with Gasteiger partial charge in [-0.1, -0.05) is 6.42 Å². The molecule has 0 fully saturated rings. The van der Waals surface area contributed by atoms with Crippen LogP contribution in [0, 0.1) is 6.92 Å². The predicted octanol–water partition coefficient (Wildman–Crippen LogP) is 1.78. The van der Waals surface area contributed by atoms with Gasteiger partial charge in [0.2, 0.25) is 5.13 Å². The van der Waals surface area contributed by atoms with Crippen molar-refractivity contribution in [3.8, 4) is 0 Å². The fourth-order valence-corrected chi connectivity index (χ4v) is 2.77. The minimum Gasteiger partial charge on any atom is -0.353 e. The molecule has 0 radical (unpaired) electrons. The van der Waals surface area contributed by atoms with E-state index < -0.39 is 0 Å². The average molecular weight is 264 g/mol. The van der Waals surface area contributed by atoms with Gasteiger partial charge >= 0.3 is 0 Å². The second-order valence-electron chi connectivity index (χ2n) is 4.50. The Kier molecular flexibility index (Phi) is 3.22. The molecular formula is C11H16N6S. The smallest absolute Gasteiger partial charge is 0.202 e. The SMILES string of the molecule is Cc1nsc(NCc2nnc3n2CCCCC3)n1. The van der Waals surface area contributed by atoms with Gasteiger partial charge in [-0.05, 0) is 19.8 Å². The number of aromatic nitrogens is 5. The standard InChI is InChI=1S/C11H16N6S/c1-8-13-11(18-16-8)12-7-10-15-14-9-5-3-2-4-6-17(9)10/h2-7H2,1H3,(H,12,13,16). The predicted molar refractivity (Wildman–Crippen MR) is 69.5 cm³/mol. The molecule has 2 aromatic rings. The number of anilines is 1. The van der Waals surface area contributed by atoms with Gasteiger partial charge in [-0.2, -0.15) is 4.37 Å². The van der Waals surface area contributed by atoms with Crippen molar-refractivity contribution in [3.63, 3.8) is 0 Å². The van der Waals surface area contributed by atoms with Gasteiger partial charge in [-0.15, -0.1) is 10.2 Å². The summed E-state index contributed by atoms with van der Waals surface area (Å²) in [6, 6.07) is 0. The number of hydrogen-bond acceptors (Lipinski definition) is 6. The molecule has 6 nitrogen and oxygen atoms in total. The van der Waals surface area contributed by atoms with Crippen LogP contribution in [0.3, 0.4) is 0 Å². The van der Waals surface area contributed by atoms with Crippen molar-refractivity contribution in [3.05, 3.63) is 17.5 Å². The number of nitrogens with one attached hydrogen (secondary N) is 1. The number of aryl methyl sites for hydroxylation is 2. The van der Waals surface area contributed by atoms with Crippen LogP contribution in [0.5, 0.6) is 0 Å². The van der Waals surface area contributed by atoms with Crippen molar-refractivity contribution in [2.45, 2.75) is 45.7 Å². The zero-order valence-corrected chi connectivity index (χ0v) is 11.2. The molecule has 3 heterocycles. The minimum atomic E-state index is 0.668. The number of fused-ring (bicyclic) bond motifs is 1. The van der Waals surface area contributed by atoms with Gasteiger partial charge in [0.1, 0.15) is 11.6 Å². The third-order valence-electron chi connectivity index (χ3n) is 3.11. The van der Waals surface area contributed by atoms with Crippen LogP contribution in [-0.2, 0) is 19.5 Å². The summed E-state index contributed by atoms with van der Waals surface area (Å²) in [4.78, 5) is 4.28. The Labute approximate surface area is 110 Å². The molecular weight excluding hydrogens is 248 g/mol. The molecule has 1 aliphatic heterocycles. The Morgan fingerprint density at radius 1 is 1.28 bits per heavy atom. The third-order valence-corrected chi connectivity index (χ3v) is 3.88. The van der Waals surface area contributed by atoms with Crippen molar-refractivity contribution in [2.75, 3.05) is 5.32 Å². The molecule has 0 unspecified atom stereocenters. The second-order valence-corrected chi connectivity index (χ2v) is 5.25. The highest BCUT2D eigenvalue weighted by Crippen LogP contribution is 2.16. The Hall–Kier alpha value is -1.50. The van der Waals surface area contributed by atoms with Gasteiger partial charge in [-0.3, -0.25) is 0 Å². The monoisotopic (exact) mass is 264 g/mol. The van der Waals surface area contributed by atoms with Crippen molar-refractivity contribution >= 4 is 16.7 Å². The molecule has 2 aromatic heterocycles. The van der Waals surface area contributed by atoms with Gasteiger partial charge in [-0.25, -0.2) is 4.98 Å². The highest BCUT2D eigenvalue weighted by Gasteiger charge is 2.14. The Bertz CT molecular complexity index is 531. The van der Waals surface area contributed by atoms with Gasteiger partial charge < -0.3 is 9.88 Å². The first-order valence-electron chi connectivity index (χ1n) is 6.28. The summed E-state index contributed by atoms with van der Waals surface area (Å²) in [5.74, 6) is 2.93. The maximum absolute atomic E-state index is 4.28. The number of nitrogens with zero attached hydrogens (tertiary/aromatic N) is 5. The van der Waals surface area contributed by atoms with Crippen LogP contribution < -0.4 is 5.32 Å². The summed E-state index contributed by atoms with van der Waals surface area (Å²) >= 11 is 1.38. The van der Waals surface area contributed by atoms with E-state index in [1.165, 1.54) is 30.8 Å². The van der Waals surface area contributed by atoms with Gasteiger partial charge in [0.25, 0.3) is 0 Å². The van der Waals surface area contributed by atoms with E-state index in [2.05, 4.69) is 29.4 Å². The molecule has 18 heavy (non-hydrogen) atoms. The van der Waals surface area contributed by atoms with Crippen LogP contribution in [0.4, 0.5) is 5.13 Å². The lowest BCUT2D eigenvalue weighted by molar-refractivity contribution is 0.610. The van der Waals surface area contributed by atoms with Crippen LogP contribution in [0.1, 0.15) is 36.7 Å². The first kappa shape index (κ1) is 11.6. The van der Waals surface area contributed by atoms with Crippen molar-refractivity contribution in [2.24, 2.45) is 0 Å². The van der Waals surface area contributed by atoms with Crippen molar-refractivity contribution in [1.82, 2.24) is 24.1 Å². The van der Waals surface area contributed by atoms with E-state index in [1.807, 2.05) is 6.92 Å². The summed E-state index contributed by atoms with van der Waals surface area (Å²) in [7, 11) is 0.